The fourth-order valence-corrected chi connectivity index (χ4v) is 1.79. The minimum atomic E-state index is -0.0635. The van der Waals surface area contributed by atoms with Gasteiger partial charge in [0.25, 0.3) is 0 Å². The second-order valence-corrected chi connectivity index (χ2v) is 4.48. The fourth-order valence-electron chi connectivity index (χ4n) is 1.79. The van der Waals surface area contributed by atoms with Crippen LogP contribution in [0.5, 0.6) is 11.5 Å². The second kappa shape index (κ2) is 7.60. The van der Waals surface area contributed by atoms with E-state index >= 15 is 0 Å². The van der Waals surface area contributed by atoms with Crippen LogP contribution in [0, 0.1) is 11.3 Å². The average molecular weight is 293 g/mol. The molecule has 0 aliphatic rings. The van der Waals surface area contributed by atoms with E-state index < -0.39 is 0 Å². The molecule has 0 amide bonds. The fraction of sp³-hybridized carbons (Fsp3) is 0.118. The topological polar surface area (TPSA) is 89.0 Å². The zero-order chi connectivity index (χ0) is 15.8. The molecule has 0 heterocycles. The standard InChI is InChI=1S/C17H15N3O2/c18-10-13-5-3-6-15(17(13)22)12-20-9-8-19-11-14-4-1-2-7-16(14)21/h1-7,11-12,21-22H,8-9H2. The third-order valence-corrected chi connectivity index (χ3v) is 2.94. The van der Waals surface area contributed by atoms with Crippen LogP contribution in [0.3, 0.4) is 0 Å². The number of benzene rings is 2. The number of rotatable bonds is 5. The lowest BCUT2D eigenvalue weighted by Crippen LogP contribution is -1.92. The Balaban J connectivity index is 1.89. The van der Waals surface area contributed by atoms with Gasteiger partial charge >= 0.3 is 0 Å². The SMILES string of the molecule is N#Cc1cccc(C=NCCN=Cc2ccccc2O)c1O. The molecule has 2 aromatic carbocycles. The Kier molecular flexibility index (Phi) is 5.27. The monoisotopic (exact) mass is 293 g/mol. The molecule has 22 heavy (non-hydrogen) atoms. The van der Waals surface area contributed by atoms with Crippen LogP contribution in [0.4, 0.5) is 0 Å². The van der Waals surface area contributed by atoms with Crippen LogP contribution < -0.4 is 0 Å². The van der Waals surface area contributed by atoms with Crippen molar-refractivity contribution in [1.82, 2.24) is 0 Å². The minimum Gasteiger partial charge on any atom is -0.507 e. The van der Waals surface area contributed by atoms with Crippen molar-refractivity contribution in [3.05, 3.63) is 59.2 Å². The largest absolute Gasteiger partial charge is 0.507 e. The normalized spacial score (nSPS) is 11.0. The van der Waals surface area contributed by atoms with E-state index in [0.29, 0.717) is 24.2 Å². The Labute approximate surface area is 128 Å². The van der Waals surface area contributed by atoms with E-state index in [2.05, 4.69) is 9.98 Å². The third-order valence-electron chi connectivity index (χ3n) is 2.94. The zero-order valence-electron chi connectivity index (χ0n) is 11.8. The van der Waals surface area contributed by atoms with E-state index in [4.69, 9.17) is 5.26 Å². The highest BCUT2D eigenvalue weighted by atomic mass is 16.3. The van der Waals surface area contributed by atoms with Gasteiger partial charge in [-0.05, 0) is 24.3 Å². The Morgan fingerprint density at radius 2 is 1.55 bits per heavy atom. The Morgan fingerprint density at radius 3 is 2.23 bits per heavy atom. The molecule has 0 bridgehead atoms. The summed E-state index contributed by atoms with van der Waals surface area (Å²) in [6.45, 7) is 0.907. The minimum absolute atomic E-state index is 0.0635. The summed E-state index contributed by atoms with van der Waals surface area (Å²) in [5, 5.41) is 28.2. The quantitative estimate of drug-likeness (QED) is 0.655. The van der Waals surface area contributed by atoms with Gasteiger partial charge in [0.2, 0.25) is 0 Å². The van der Waals surface area contributed by atoms with Gasteiger partial charge in [-0.2, -0.15) is 5.26 Å². The van der Waals surface area contributed by atoms with Crippen molar-refractivity contribution in [2.45, 2.75) is 0 Å². The van der Waals surface area contributed by atoms with Crippen LogP contribution in [0.2, 0.25) is 0 Å². The maximum absolute atomic E-state index is 9.80. The molecule has 0 fully saturated rings. The number of phenols is 2. The van der Waals surface area contributed by atoms with Gasteiger partial charge in [0.1, 0.15) is 17.6 Å². The van der Waals surface area contributed by atoms with Crippen molar-refractivity contribution in [1.29, 1.82) is 5.26 Å². The van der Waals surface area contributed by atoms with Gasteiger partial charge in [-0.15, -0.1) is 0 Å². The lowest BCUT2D eigenvalue weighted by Gasteiger charge is -1.99. The van der Waals surface area contributed by atoms with Crippen molar-refractivity contribution in [2.24, 2.45) is 9.98 Å². The molecule has 0 saturated heterocycles. The number of hydrogen-bond acceptors (Lipinski definition) is 5. The van der Waals surface area contributed by atoms with Crippen LogP contribution in [0.25, 0.3) is 0 Å². The Bertz CT molecular complexity index is 746. The first-order valence-corrected chi connectivity index (χ1v) is 6.72. The van der Waals surface area contributed by atoms with Crippen molar-refractivity contribution in [3.63, 3.8) is 0 Å². The summed E-state index contributed by atoms with van der Waals surface area (Å²) >= 11 is 0. The van der Waals surface area contributed by atoms with Crippen LogP contribution in [0.15, 0.2) is 52.4 Å². The summed E-state index contributed by atoms with van der Waals surface area (Å²) in [5.74, 6) is 0.124. The van der Waals surface area contributed by atoms with Crippen LogP contribution in [-0.4, -0.2) is 35.7 Å². The predicted octanol–water partition coefficient (Wildman–Crippen LogP) is 2.51. The van der Waals surface area contributed by atoms with E-state index in [9.17, 15) is 10.2 Å². The first-order chi connectivity index (χ1) is 10.7. The van der Waals surface area contributed by atoms with Crippen LogP contribution >= 0.6 is 0 Å². The highest BCUT2D eigenvalue weighted by Crippen LogP contribution is 2.19. The first-order valence-electron chi connectivity index (χ1n) is 6.72. The molecular weight excluding hydrogens is 278 g/mol. The maximum Gasteiger partial charge on any atom is 0.142 e. The summed E-state index contributed by atoms with van der Waals surface area (Å²) in [7, 11) is 0. The van der Waals surface area contributed by atoms with Crippen molar-refractivity contribution >= 4 is 12.4 Å². The van der Waals surface area contributed by atoms with Gasteiger partial charge in [0, 0.05) is 23.6 Å². The number of hydrogen-bond donors (Lipinski definition) is 2. The molecule has 0 saturated carbocycles. The summed E-state index contributed by atoms with van der Waals surface area (Å²) in [6.07, 6.45) is 3.12. The smallest absolute Gasteiger partial charge is 0.142 e. The van der Waals surface area contributed by atoms with Crippen molar-refractivity contribution in [3.8, 4) is 17.6 Å². The molecule has 0 radical (unpaired) electrons. The molecule has 0 aliphatic heterocycles. The summed E-state index contributed by atoms with van der Waals surface area (Å²) in [5.41, 5.74) is 1.39. The molecule has 2 rings (SSSR count). The second-order valence-electron chi connectivity index (χ2n) is 4.48. The maximum atomic E-state index is 9.80. The lowest BCUT2D eigenvalue weighted by atomic mass is 10.1. The molecule has 0 unspecified atom stereocenters. The molecule has 2 aromatic rings. The van der Waals surface area contributed by atoms with Crippen molar-refractivity contribution < 1.29 is 10.2 Å². The van der Waals surface area contributed by atoms with Crippen LogP contribution in [-0.2, 0) is 0 Å². The average Bonchev–Trinajstić information content (AvgIpc) is 2.53. The summed E-state index contributed by atoms with van der Waals surface area (Å²) in [6, 6.07) is 13.8. The van der Waals surface area contributed by atoms with E-state index in [1.807, 2.05) is 12.1 Å². The molecule has 110 valence electrons. The molecule has 0 aromatic heterocycles. The van der Waals surface area contributed by atoms with Crippen molar-refractivity contribution in [2.75, 3.05) is 13.1 Å². The highest BCUT2D eigenvalue weighted by molar-refractivity contribution is 5.85. The summed E-state index contributed by atoms with van der Waals surface area (Å²) in [4.78, 5) is 8.34. The van der Waals surface area contributed by atoms with Gasteiger partial charge < -0.3 is 10.2 Å². The number of aromatic hydroxyl groups is 2. The number of para-hydroxylation sites is 2. The molecule has 0 spiro atoms. The molecule has 0 atom stereocenters. The van der Waals surface area contributed by atoms with E-state index in [1.54, 1.807) is 42.6 Å². The van der Waals surface area contributed by atoms with E-state index in [0.717, 1.165) is 0 Å². The molecule has 5 nitrogen and oxygen atoms in total. The molecular formula is C17H15N3O2. The number of aliphatic imine (C=N–C) groups is 2. The van der Waals surface area contributed by atoms with E-state index in [1.165, 1.54) is 6.21 Å². The number of nitriles is 1. The Hall–Kier alpha value is -3.13. The third kappa shape index (κ3) is 3.93. The van der Waals surface area contributed by atoms with Crippen LogP contribution in [0.1, 0.15) is 16.7 Å². The number of phenolic OH excluding ortho intramolecular Hbond substituents is 2. The summed E-state index contributed by atoms with van der Waals surface area (Å²) < 4.78 is 0. The van der Waals surface area contributed by atoms with Gasteiger partial charge in [0.15, 0.2) is 0 Å². The Morgan fingerprint density at radius 1 is 0.909 bits per heavy atom. The zero-order valence-corrected chi connectivity index (χ0v) is 11.8. The molecule has 2 N–H and O–H groups in total. The van der Waals surface area contributed by atoms with Gasteiger partial charge in [-0.1, -0.05) is 18.2 Å². The molecule has 5 heteroatoms. The van der Waals surface area contributed by atoms with Gasteiger partial charge in [-0.3, -0.25) is 9.98 Å². The highest BCUT2D eigenvalue weighted by Gasteiger charge is 2.03. The predicted molar refractivity (Wildman–Crippen MR) is 85.9 cm³/mol. The van der Waals surface area contributed by atoms with E-state index in [-0.39, 0.29) is 17.1 Å². The van der Waals surface area contributed by atoms with Gasteiger partial charge in [0.05, 0.1) is 18.7 Å². The first kappa shape index (κ1) is 15.3. The lowest BCUT2D eigenvalue weighted by molar-refractivity contribution is 0.472. The van der Waals surface area contributed by atoms with Gasteiger partial charge in [-0.25, -0.2) is 0 Å². The molecule has 0 aliphatic carbocycles. The number of nitrogens with zero attached hydrogens (tertiary/aromatic N) is 3.